The first kappa shape index (κ1) is 15.6. The zero-order chi connectivity index (χ0) is 15.5. The summed E-state index contributed by atoms with van der Waals surface area (Å²) in [5, 5.41) is 8.88. The van der Waals surface area contributed by atoms with E-state index in [4.69, 9.17) is 0 Å². The normalized spacial score (nSPS) is 19.4. The first-order valence-electron chi connectivity index (χ1n) is 8.03. The summed E-state index contributed by atoms with van der Waals surface area (Å²) in [6, 6.07) is 4.55. The Morgan fingerprint density at radius 2 is 2.27 bits per heavy atom. The van der Waals surface area contributed by atoms with Crippen LogP contribution in [0.25, 0.3) is 5.65 Å². The molecule has 0 spiro atoms. The number of aryl methyl sites for hydroxylation is 1. The molecule has 1 N–H and O–H groups in total. The number of likely N-dealkylation sites (tertiary alicyclic amines) is 1. The summed E-state index contributed by atoms with van der Waals surface area (Å²) in [5.74, 6) is 2.16. The highest BCUT2D eigenvalue weighted by Gasteiger charge is 2.22. The van der Waals surface area contributed by atoms with Crippen LogP contribution in [0.15, 0.2) is 18.3 Å². The van der Waals surface area contributed by atoms with Gasteiger partial charge < -0.3 is 10.2 Å². The largest absolute Gasteiger partial charge is 0.365 e. The molecule has 0 amide bonds. The zero-order valence-electron chi connectivity index (χ0n) is 13.6. The molecule has 2 aromatic rings. The molecule has 0 bridgehead atoms. The van der Waals surface area contributed by atoms with Crippen LogP contribution in [0.4, 0.5) is 5.82 Å². The Hall–Kier alpha value is -1.27. The van der Waals surface area contributed by atoms with Crippen LogP contribution in [0.3, 0.4) is 0 Å². The van der Waals surface area contributed by atoms with Gasteiger partial charge in [-0.1, -0.05) is 13.8 Å². The van der Waals surface area contributed by atoms with Crippen LogP contribution in [0.2, 0.25) is 0 Å². The highest BCUT2D eigenvalue weighted by Crippen LogP contribution is 2.16. The molecule has 6 heteroatoms. The number of rotatable bonds is 6. The zero-order valence-corrected chi connectivity index (χ0v) is 14.4. The van der Waals surface area contributed by atoms with Crippen LogP contribution >= 0.6 is 11.8 Å². The van der Waals surface area contributed by atoms with Crippen LogP contribution in [0, 0.1) is 6.92 Å². The molecule has 0 aliphatic carbocycles. The average Bonchev–Trinajstić information content (AvgIpc) is 3.03. The summed E-state index contributed by atoms with van der Waals surface area (Å²) in [6.45, 7) is 10.0. The van der Waals surface area contributed by atoms with E-state index < -0.39 is 0 Å². The molecule has 22 heavy (non-hydrogen) atoms. The summed E-state index contributed by atoms with van der Waals surface area (Å²) in [4.78, 5) is 6.96. The van der Waals surface area contributed by atoms with Crippen LogP contribution in [-0.2, 0) is 0 Å². The van der Waals surface area contributed by atoms with Gasteiger partial charge in [-0.15, -0.1) is 5.10 Å². The fourth-order valence-corrected chi connectivity index (χ4v) is 3.69. The van der Waals surface area contributed by atoms with Gasteiger partial charge in [0.15, 0.2) is 5.65 Å². The molecular weight excluding hydrogens is 294 g/mol. The summed E-state index contributed by atoms with van der Waals surface area (Å²) in [6.07, 6.45) is 3.15. The van der Waals surface area contributed by atoms with Gasteiger partial charge in [-0.2, -0.15) is 11.8 Å². The number of hydrogen-bond acceptors (Lipinski definition) is 5. The third-order valence-corrected chi connectivity index (χ3v) is 5.01. The molecule has 1 fully saturated rings. The van der Waals surface area contributed by atoms with Crippen molar-refractivity contribution in [1.82, 2.24) is 19.5 Å². The van der Waals surface area contributed by atoms with Gasteiger partial charge in [-0.3, -0.25) is 0 Å². The Morgan fingerprint density at radius 3 is 3.09 bits per heavy atom. The van der Waals surface area contributed by atoms with Gasteiger partial charge in [-0.25, -0.2) is 9.50 Å². The Bertz CT molecular complexity index is 624. The van der Waals surface area contributed by atoms with Crippen LogP contribution in [-0.4, -0.2) is 56.2 Å². The van der Waals surface area contributed by atoms with Crippen molar-refractivity contribution in [1.29, 1.82) is 0 Å². The van der Waals surface area contributed by atoms with Gasteiger partial charge in [0, 0.05) is 31.4 Å². The van der Waals surface area contributed by atoms with E-state index in [1.165, 1.54) is 25.3 Å². The molecule has 0 saturated carbocycles. The van der Waals surface area contributed by atoms with Crippen LogP contribution in [0.5, 0.6) is 0 Å². The van der Waals surface area contributed by atoms with Gasteiger partial charge in [0.05, 0.1) is 11.9 Å². The minimum absolute atomic E-state index is 0.499. The third-order valence-electron chi connectivity index (χ3n) is 3.92. The van der Waals surface area contributed by atoms with Crippen molar-refractivity contribution in [3.05, 3.63) is 24.0 Å². The minimum atomic E-state index is 0.499. The number of nitrogens with one attached hydrogen (secondary N) is 1. The van der Waals surface area contributed by atoms with E-state index in [1.54, 1.807) is 0 Å². The number of aromatic nitrogens is 3. The maximum Gasteiger partial charge on any atom is 0.153 e. The number of imidazole rings is 1. The van der Waals surface area contributed by atoms with Gasteiger partial charge >= 0.3 is 0 Å². The minimum Gasteiger partial charge on any atom is -0.365 e. The van der Waals surface area contributed by atoms with E-state index in [2.05, 4.69) is 34.1 Å². The first-order chi connectivity index (χ1) is 10.6. The Morgan fingerprint density at radius 1 is 1.41 bits per heavy atom. The van der Waals surface area contributed by atoms with Crippen molar-refractivity contribution < 1.29 is 0 Å². The number of hydrogen-bond donors (Lipinski definition) is 1. The number of thioether (sulfide) groups is 1. The summed E-state index contributed by atoms with van der Waals surface area (Å²) >= 11 is 2.04. The molecule has 1 atom stereocenters. The van der Waals surface area contributed by atoms with Crippen LogP contribution < -0.4 is 5.32 Å². The predicted molar refractivity (Wildman–Crippen MR) is 93.8 cm³/mol. The molecule has 1 aliphatic heterocycles. The number of anilines is 1. The van der Waals surface area contributed by atoms with Gasteiger partial charge in [0.2, 0.25) is 0 Å². The standard InChI is InChI=1S/C16H25N5S/c1-12(2)22-9-8-20-7-6-14(11-20)18-15-4-5-16-17-13(3)10-21(16)19-15/h4-5,10,12,14H,6-9,11H2,1-3H3,(H,18,19)/t14-/m1/s1. The lowest BCUT2D eigenvalue weighted by Crippen LogP contribution is -2.28. The maximum atomic E-state index is 4.59. The smallest absolute Gasteiger partial charge is 0.153 e. The molecule has 5 nitrogen and oxygen atoms in total. The van der Waals surface area contributed by atoms with Gasteiger partial charge in [-0.05, 0) is 30.7 Å². The van der Waals surface area contributed by atoms with Crippen molar-refractivity contribution in [2.24, 2.45) is 0 Å². The molecule has 0 radical (unpaired) electrons. The second-order valence-electron chi connectivity index (χ2n) is 6.25. The molecule has 3 heterocycles. The monoisotopic (exact) mass is 319 g/mol. The molecular formula is C16H25N5S. The highest BCUT2D eigenvalue weighted by atomic mass is 32.2. The quantitative estimate of drug-likeness (QED) is 0.887. The lowest BCUT2D eigenvalue weighted by Gasteiger charge is -2.17. The lowest BCUT2D eigenvalue weighted by atomic mass is 10.2. The predicted octanol–water partition coefficient (Wildman–Crippen LogP) is 2.67. The Kier molecular flexibility index (Phi) is 4.88. The molecule has 1 saturated heterocycles. The molecule has 0 aromatic carbocycles. The molecule has 120 valence electrons. The van der Waals surface area contributed by atoms with Gasteiger partial charge in [0.25, 0.3) is 0 Å². The molecule has 3 rings (SSSR count). The lowest BCUT2D eigenvalue weighted by molar-refractivity contribution is 0.358. The van der Waals surface area contributed by atoms with Crippen molar-refractivity contribution in [3.63, 3.8) is 0 Å². The van der Waals surface area contributed by atoms with Crippen molar-refractivity contribution >= 4 is 23.2 Å². The van der Waals surface area contributed by atoms with E-state index in [0.29, 0.717) is 6.04 Å². The van der Waals surface area contributed by atoms with Crippen molar-refractivity contribution in [2.75, 3.05) is 30.7 Å². The average molecular weight is 319 g/mol. The van der Waals surface area contributed by atoms with E-state index in [9.17, 15) is 0 Å². The number of fused-ring (bicyclic) bond motifs is 1. The molecule has 2 aromatic heterocycles. The van der Waals surface area contributed by atoms with E-state index in [-0.39, 0.29) is 0 Å². The topological polar surface area (TPSA) is 45.5 Å². The molecule has 0 unspecified atom stereocenters. The van der Waals surface area contributed by atoms with Crippen LogP contribution in [0.1, 0.15) is 26.0 Å². The van der Waals surface area contributed by atoms with E-state index in [1.807, 2.05) is 41.5 Å². The Labute approximate surface area is 136 Å². The summed E-state index contributed by atoms with van der Waals surface area (Å²) in [5.41, 5.74) is 1.90. The third kappa shape index (κ3) is 3.93. The molecule has 1 aliphatic rings. The fraction of sp³-hybridized carbons (Fsp3) is 0.625. The van der Waals surface area contributed by atoms with E-state index in [0.717, 1.165) is 29.0 Å². The summed E-state index contributed by atoms with van der Waals surface area (Å²) < 4.78 is 1.85. The van der Waals surface area contributed by atoms with Gasteiger partial charge in [0.1, 0.15) is 5.82 Å². The maximum absolute atomic E-state index is 4.59. The van der Waals surface area contributed by atoms with Crippen molar-refractivity contribution in [3.8, 4) is 0 Å². The second kappa shape index (κ2) is 6.87. The van der Waals surface area contributed by atoms with Crippen molar-refractivity contribution in [2.45, 2.75) is 38.5 Å². The SMILES string of the molecule is Cc1cn2nc(N[C@@H]3CCN(CCSC(C)C)C3)ccc2n1. The fourth-order valence-electron chi connectivity index (χ4n) is 2.86. The first-order valence-corrected chi connectivity index (χ1v) is 9.08. The highest BCUT2D eigenvalue weighted by molar-refractivity contribution is 7.99. The Balaban J connectivity index is 1.52. The summed E-state index contributed by atoms with van der Waals surface area (Å²) in [7, 11) is 0. The second-order valence-corrected chi connectivity index (χ2v) is 7.94. The number of nitrogens with zero attached hydrogens (tertiary/aromatic N) is 4. The van der Waals surface area contributed by atoms with E-state index >= 15 is 0 Å².